The molecule has 1 saturated heterocycles. The second-order valence-corrected chi connectivity index (χ2v) is 7.42. The van der Waals surface area contributed by atoms with E-state index in [1.54, 1.807) is 4.31 Å². The lowest BCUT2D eigenvalue weighted by molar-refractivity contribution is 0.471. The molecule has 5 nitrogen and oxygen atoms in total. The van der Waals surface area contributed by atoms with Crippen LogP contribution in [-0.4, -0.2) is 43.6 Å². The zero-order chi connectivity index (χ0) is 14.8. The number of sulfonamides is 1. The summed E-state index contributed by atoms with van der Waals surface area (Å²) < 4.78 is 25.8. The van der Waals surface area contributed by atoms with Crippen molar-refractivity contribution in [2.75, 3.05) is 31.2 Å². The van der Waals surface area contributed by atoms with Crippen LogP contribution in [0.15, 0.2) is 12.1 Å². The van der Waals surface area contributed by atoms with Crippen LogP contribution in [0, 0.1) is 6.92 Å². The van der Waals surface area contributed by atoms with E-state index in [1.165, 1.54) is 0 Å². The van der Waals surface area contributed by atoms with Crippen LogP contribution in [0.2, 0.25) is 0 Å². The van der Waals surface area contributed by atoms with Crippen LogP contribution in [-0.2, 0) is 10.0 Å². The zero-order valence-corrected chi connectivity index (χ0v) is 13.2. The molecule has 1 N–H and O–H groups in total. The Morgan fingerprint density at radius 3 is 2.85 bits per heavy atom. The van der Waals surface area contributed by atoms with Gasteiger partial charge in [-0.3, -0.25) is 4.98 Å². The molecule has 2 rings (SSSR count). The molecule has 0 amide bonds. The van der Waals surface area contributed by atoms with Crippen molar-refractivity contribution in [2.45, 2.75) is 32.6 Å². The third kappa shape index (κ3) is 3.30. The number of rotatable bonds is 5. The topological polar surface area (TPSA) is 62.3 Å². The molecule has 1 aliphatic rings. The van der Waals surface area contributed by atoms with Crippen molar-refractivity contribution in [3.05, 3.63) is 23.5 Å². The summed E-state index contributed by atoms with van der Waals surface area (Å²) in [5, 5.41) is 3.12. The number of nitrogens with one attached hydrogen (secondary N) is 1. The minimum atomic E-state index is -3.09. The van der Waals surface area contributed by atoms with E-state index in [2.05, 4.69) is 10.3 Å². The maximum absolute atomic E-state index is 12.1. The summed E-state index contributed by atoms with van der Waals surface area (Å²) in [6.07, 6.45) is 1.51. The highest BCUT2D eigenvalue weighted by atomic mass is 32.2. The van der Waals surface area contributed by atoms with Crippen LogP contribution in [0.4, 0.5) is 5.69 Å². The number of anilines is 1. The number of nitrogens with zero attached hydrogens (tertiary/aromatic N) is 2. The molecule has 1 aromatic heterocycles. The minimum Gasteiger partial charge on any atom is -0.388 e. The van der Waals surface area contributed by atoms with Crippen molar-refractivity contribution in [1.82, 2.24) is 9.29 Å². The van der Waals surface area contributed by atoms with Crippen molar-refractivity contribution >= 4 is 15.7 Å². The van der Waals surface area contributed by atoms with Crippen molar-refractivity contribution in [1.29, 1.82) is 0 Å². The molecular weight excluding hydrogens is 274 g/mol. The molecule has 0 radical (unpaired) electrons. The number of aromatic nitrogens is 1. The third-order valence-electron chi connectivity index (χ3n) is 3.69. The predicted molar refractivity (Wildman–Crippen MR) is 81.5 cm³/mol. The van der Waals surface area contributed by atoms with Crippen LogP contribution in [0.3, 0.4) is 0 Å². The Morgan fingerprint density at radius 2 is 2.20 bits per heavy atom. The molecule has 2 heterocycles. The molecule has 0 spiro atoms. The van der Waals surface area contributed by atoms with Gasteiger partial charge in [-0.2, -0.15) is 0 Å². The molecule has 112 valence electrons. The van der Waals surface area contributed by atoms with E-state index < -0.39 is 10.0 Å². The van der Waals surface area contributed by atoms with Crippen LogP contribution in [0.1, 0.15) is 37.1 Å². The van der Waals surface area contributed by atoms with Gasteiger partial charge in [0.05, 0.1) is 5.75 Å². The van der Waals surface area contributed by atoms with Crippen molar-refractivity contribution in [2.24, 2.45) is 0 Å². The fraction of sp³-hybridized carbons (Fsp3) is 0.643. The largest absolute Gasteiger partial charge is 0.388 e. The van der Waals surface area contributed by atoms with Crippen molar-refractivity contribution in [3.63, 3.8) is 0 Å². The van der Waals surface area contributed by atoms with Gasteiger partial charge >= 0.3 is 0 Å². The molecule has 1 aromatic rings. The summed E-state index contributed by atoms with van der Waals surface area (Å²) in [6, 6.07) is 4.01. The van der Waals surface area contributed by atoms with E-state index in [0.29, 0.717) is 19.5 Å². The number of hydrogen-bond acceptors (Lipinski definition) is 4. The summed E-state index contributed by atoms with van der Waals surface area (Å²) >= 11 is 0. The van der Waals surface area contributed by atoms with Gasteiger partial charge in [0, 0.05) is 43.1 Å². The average Bonchev–Trinajstić information content (AvgIpc) is 2.88. The number of aryl methyl sites for hydroxylation is 1. The second-order valence-electron chi connectivity index (χ2n) is 5.33. The molecule has 0 unspecified atom stereocenters. The molecule has 6 heteroatoms. The highest BCUT2D eigenvalue weighted by molar-refractivity contribution is 7.89. The predicted octanol–water partition coefficient (Wildman–Crippen LogP) is 1.96. The van der Waals surface area contributed by atoms with E-state index in [1.807, 2.05) is 33.0 Å². The highest BCUT2D eigenvalue weighted by Gasteiger charge is 2.32. The Morgan fingerprint density at radius 1 is 1.45 bits per heavy atom. The Labute approximate surface area is 121 Å². The molecule has 20 heavy (non-hydrogen) atoms. The third-order valence-corrected chi connectivity index (χ3v) is 5.73. The first-order valence-corrected chi connectivity index (χ1v) is 8.71. The van der Waals surface area contributed by atoms with Gasteiger partial charge in [0.2, 0.25) is 10.0 Å². The minimum absolute atomic E-state index is 0.202. The molecule has 0 bridgehead atoms. The number of hydrogen-bond donors (Lipinski definition) is 1. The fourth-order valence-electron chi connectivity index (χ4n) is 2.66. The van der Waals surface area contributed by atoms with Crippen LogP contribution in [0.5, 0.6) is 0 Å². The quantitative estimate of drug-likeness (QED) is 0.902. The Bertz CT molecular complexity index is 572. The van der Waals surface area contributed by atoms with Gasteiger partial charge in [-0.1, -0.05) is 6.92 Å². The van der Waals surface area contributed by atoms with Crippen molar-refractivity contribution < 1.29 is 8.42 Å². The normalized spacial score (nSPS) is 20.2. The van der Waals surface area contributed by atoms with Crippen LogP contribution in [0.25, 0.3) is 0 Å². The fourth-order valence-corrected chi connectivity index (χ4v) is 4.22. The maximum Gasteiger partial charge on any atom is 0.214 e. The molecule has 0 saturated carbocycles. The highest BCUT2D eigenvalue weighted by Crippen LogP contribution is 2.29. The maximum atomic E-state index is 12.1. The molecule has 0 aliphatic carbocycles. The molecular formula is C14H23N3O2S. The summed E-state index contributed by atoms with van der Waals surface area (Å²) in [5.41, 5.74) is 2.98. The van der Waals surface area contributed by atoms with Gasteiger partial charge in [-0.15, -0.1) is 0 Å². The smallest absolute Gasteiger partial charge is 0.214 e. The molecule has 1 fully saturated rings. The Balaban J connectivity index is 2.15. The van der Waals surface area contributed by atoms with Gasteiger partial charge in [0.1, 0.15) is 0 Å². The van der Waals surface area contributed by atoms with Gasteiger partial charge in [0.25, 0.3) is 0 Å². The van der Waals surface area contributed by atoms with Gasteiger partial charge < -0.3 is 5.32 Å². The lowest BCUT2D eigenvalue weighted by Gasteiger charge is -2.16. The van der Waals surface area contributed by atoms with E-state index in [-0.39, 0.29) is 11.7 Å². The second kappa shape index (κ2) is 6.10. The lowest BCUT2D eigenvalue weighted by Crippen LogP contribution is -2.30. The zero-order valence-electron chi connectivity index (χ0n) is 12.4. The summed E-state index contributed by atoms with van der Waals surface area (Å²) in [7, 11) is -1.21. The first kappa shape index (κ1) is 15.3. The van der Waals surface area contributed by atoms with Crippen LogP contribution >= 0.6 is 0 Å². The standard InChI is InChI=1S/C14H23N3O2S/c1-4-7-20(18,19)17-6-5-12(10-17)14-9-13(15-3)8-11(2)16-14/h8-9,12H,4-7,10H2,1-3H3,(H,15,16)/t12-/m1/s1. The van der Waals surface area contributed by atoms with Gasteiger partial charge in [-0.05, 0) is 31.9 Å². The Kier molecular flexibility index (Phi) is 4.65. The van der Waals surface area contributed by atoms with E-state index in [4.69, 9.17) is 0 Å². The summed E-state index contributed by atoms with van der Waals surface area (Å²) in [5.74, 6) is 0.441. The SMILES string of the molecule is CCCS(=O)(=O)N1CC[C@@H](c2cc(NC)cc(C)n2)C1. The van der Waals surface area contributed by atoms with Gasteiger partial charge in [0.15, 0.2) is 0 Å². The molecule has 0 aromatic carbocycles. The Hall–Kier alpha value is -1.14. The van der Waals surface area contributed by atoms with Crippen LogP contribution < -0.4 is 5.32 Å². The average molecular weight is 297 g/mol. The van der Waals surface area contributed by atoms with E-state index >= 15 is 0 Å². The van der Waals surface area contributed by atoms with Crippen molar-refractivity contribution in [3.8, 4) is 0 Å². The van der Waals surface area contributed by atoms with Gasteiger partial charge in [-0.25, -0.2) is 12.7 Å². The first-order valence-electron chi connectivity index (χ1n) is 7.10. The monoisotopic (exact) mass is 297 g/mol. The van der Waals surface area contributed by atoms with E-state index in [9.17, 15) is 8.42 Å². The summed E-state index contributed by atoms with van der Waals surface area (Å²) in [6.45, 7) is 5.02. The first-order chi connectivity index (χ1) is 9.46. The summed E-state index contributed by atoms with van der Waals surface area (Å²) in [4.78, 5) is 4.56. The van der Waals surface area contributed by atoms with E-state index in [0.717, 1.165) is 23.5 Å². The number of pyridine rings is 1. The lowest BCUT2D eigenvalue weighted by atomic mass is 10.0. The molecule has 1 aliphatic heterocycles. The molecule has 1 atom stereocenters.